The predicted molar refractivity (Wildman–Crippen MR) is 45.2 cm³/mol. The summed E-state index contributed by atoms with van der Waals surface area (Å²) in [6.45, 7) is 2.00. The van der Waals surface area contributed by atoms with Gasteiger partial charge in [-0.2, -0.15) is 0 Å². The van der Waals surface area contributed by atoms with Crippen molar-refractivity contribution >= 4 is 5.78 Å². The fraction of sp³-hybridized carbons (Fsp3) is 0.333. The van der Waals surface area contributed by atoms with Crippen LogP contribution in [0.3, 0.4) is 0 Å². The highest BCUT2D eigenvalue weighted by atomic mass is 16.5. The molecule has 1 aromatic rings. The van der Waals surface area contributed by atoms with E-state index >= 15 is 0 Å². The van der Waals surface area contributed by atoms with Crippen LogP contribution in [0.2, 0.25) is 0 Å². The summed E-state index contributed by atoms with van der Waals surface area (Å²) in [5.74, 6) is -0.0370. The molecule has 0 radical (unpaired) electrons. The van der Waals surface area contributed by atoms with Crippen LogP contribution in [-0.4, -0.2) is 24.5 Å². The van der Waals surface area contributed by atoms with Gasteiger partial charge in [0.1, 0.15) is 6.61 Å². The Morgan fingerprint density at radius 3 is 2.83 bits per heavy atom. The third-order valence-corrected chi connectivity index (χ3v) is 1.51. The molecule has 0 aliphatic rings. The maximum absolute atomic E-state index is 11.2. The molecule has 1 aromatic heterocycles. The number of aromatic nitrogens is 1. The van der Waals surface area contributed by atoms with Gasteiger partial charge in [0.2, 0.25) is 0 Å². The summed E-state index contributed by atoms with van der Waals surface area (Å²) in [4.78, 5) is 15.2. The molecule has 0 fully saturated rings. The summed E-state index contributed by atoms with van der Waals surface area (Å²) >= 11 is 0. The summed E-state index contributed by atoms with van der Waals surface area (Å²) in [5, 5.41) is 0. The van der Waals surface area contributed by atoms with Crippen LogP contribution in [0.5, 0.6) is 0 Å². The maximum Gasteiger partial charge on any atom is 0.189 e. The molecule has 0 amide bonds. The molecular weight excluding hydrogens is 154 g/mol. The van der Waals surface area contributed by atoms with Gasteiger partial charge < -0.3 is 4.74 Å². The zero-order valence-electron chi connectivity index (χ0n) is 7.20. The van der Waals surface area contributed by atoms with E-state index in [-0.39, 0.29) is 12.4 Å². The molecule has 1 heterocycles. The van der Waals surface area contributed by atoms with Gasteiger partial charge in [-0.15, -0.1) is 0 Å². The first-order valence-electron chi connectivity index (χ1n) is 3.69. The highest BCUT2D eigenvalue weighted by molar-refractivity contribution is 5.96. The minimum absolute atomic E-state index is 0.0370. The Bertz CT molecular complexity index is 266. The van der Waals surface area contributed by atoms with Crippen molar-refractivity contribution in [2.75, 3.05) is 13.7 Å². The number of carbonyl (C=O) groups is 1. The second-order valence-corrected chi connectivity index (χ2v) is 2.54. The van der Waals surface area contributed by atoms with Crippen LogP contribution in [0, 0.1) is 6.92 Å². The summed E-state index contributed by atoms with van der Waals surface area (Å²) in [6, 6.07) is 3.56. The molecule has 0 saturated carbocycles. The van der Waals surface area contributed by atoms with Crippen LogP contribution in [0.4, 0.5) is 0 Å². The molecule has 0 bridgehead atoms. The molecule has 64 valence electrons. The second-order valence-electron chi connectivity index (χ2n) is 2.54. The van der Waals surface area contributed by atoms with Crippen LogP contribution in [-0.2, 0) is 4.74 Å². The lowest BCUT2D eigenvalue weighted by atomic mass is 10.2. The van der Waals surface area contributed by atoms with Gasteiger partial charge in [0.15, 0.2) is 5.78 Å². The highest BCUT2D eigenvalue weighted by Crippen LogP contribution is 2.00. The number of pyridine rings is 1. The quantitative estimate of drug-likeness (QED) is 0.632. The predicted octanol–water partition coefficient (Wildman–Crippen LogP) is 1.22. The number of carbonyl (C=O) groups excluding carboxylic acids is 1. The fourth-order valence-corrected chi connectivity index (χ4v) is 0.847. The second kappa shape index (κ2) is 3.97. The number of ether oxygens (including phenoxy) is 1. The van der Waals surface area contributed by atoms with Crippen molar-refractivity contribution in [1.82, 2.24) is 4.98 Å². The molecule has 0 aliphatic carbocycles. The number of Topliss-reactive ketones (excluding diaryl/α,β-unsaturated/α-hetero) is 1. The van der Waals surface area contributed by atoms with E-state index in [4.69, 9.17) is 4.74 Å². The highest BCUT2D eigenvalue weighted by Gasteiger charge is 2.03. The third kappa shape index (κ3) is 2.13. The van der Waals surface area contributed by atoms with Crippen molar-refractivity contribution in [1.29, 1.82) is 0 Å². The fourth-order valence-electron chi connectivity index (χ4n) is 0.847. The molecule has 0 aromatic carbocycles. The van der Waals surface area contributed by atoms with E-state index in [0.717, 1.165) is 5.69 Å². The van der Waals surface area contributed by atoms with Crippen molar-refractivity contribution in [3.8, 4) is 0 Å². The molecule has 0 atom stereocenters. The summed E-state index contributed by atoms with van der Waals surface area (Å²) < 4.78 is 4.71. The Balaban J connectivity index is 2.75. The van der Waals surface area contributed by atoms with E-state index in [9.17, 15) is 4.79 Å². The molecule has 1 rings (SSSR count). The van der Waals surface area contributed by atoms with E-state index in [1.54, 1.807) is 12.3 Å². The Kier molecular flexibility index (Phi) is 2.94. The average molecular weight is 165 g/mol. The first-order valence-corrected chi connectivity index (χ1v) is 3.69. The van der Waals surface area contributed by atoms with Crippen LogP contribution < -0.4 is 0 Å². The number of nitrogens with zero attached hydrogens (tertiary/aromatic N) is 1. The standard InChI is InChI=1S/C9H11NO2/c1-7-3-4-8(5-10-7)9(11)6-12-2/h3-5H,6H2,1-2H3. The molecule has 0 spiro atoms. The Morgan fingerprint density at radius 2 is 2.33 bits per heavy atom. The van der Waals surface area contributed by atoms with E-state index < -0.39 is 0 Å². The summed E-state index contributed by atoms with van der Waals surface area (Å²) in [7, 11) is 1.50. The molecule has 0 N–H and O–H groups in total. The monoisotopic (exact) mass is 165 g/mol. The maximum atomic E-state index is 11.2. The lowest BCUT2D eigenvalue weighted by Gasteiger charge is -1.98. The van der Waals surface area contributed by atoms with Crippen LogP contribution in [0.25, 0.3) is 0 Å². The lowest BCUT2D eigenvalue weighted by molar-refractivity contribution is 0.0847. The largest absolute Gasteiger partial charge is 0.377 e. The smallest absolute Gasteiger partial charge is 0.189 e. The lowest BCUT2D eigenvalue weighted by Crippen LogP contribution is -2.07. The number of rotatable bonds is 3. The van der Waals surface area contributed by atoms with Gasteiger partial charge in [-0.1, -0.05) is 0 Å². The van der Waals surface area contributed by atoms with Gasteiger partial charge in [0.05, 0.1) is 0 Å². The summed E-state index contributed by atoms with van der Waals surface area (Å²) in [6.07, 6.45) is 1.57. The molecule has 3 nitrogen and oxygen atoms in total. The number of hydrogen-bond donors (Lipinski definition) is 0. The summed E-state index contributed by atoms with van der Waals surface area (Å²) in [5.41, 5.74) is 1.51. The molecular formula is C9H11NO2. The topological polar surface area (TPSA) is 39.2 Å². The molecule has 0 aliphatic heterocycles. The number of methoxy groups -OCH3 is 1. The van der Waals surface area contributed by atoms with Crippen LogP contribution in [0.15, 0.2) is 18.3 Å². The minimum atomic E-state index is -0.0370. The van der Waals surface area contributed by atoms with Gasteiger partial charge in [0, 0.05) is 24.6 Å². The van der Waals surface area contributed by atoms with Crippen molar-refractivity contribution in [2.24, 2.45) is 0 Å². The number of ketones is 1. The van der Waals surface area contributed by atoms with Gasteiger partial charge >= 0.3 is 0 Å². The third-order valence-electron chi connectivity index (χ3n) is 1.51. The number of aryl methyl sites for hydroxylation is 1. The Labute approximate surface area is 71.4 Å². The normalized spacial score (nSPS) is 9.83. The van der Waals surface area contributed by atoms with E-state index in [2.05, 4.69) is 4.98 Å². The van der Waals surface area contributed by atoms with Crippen molar-refractivity contribution in [2.45, 2.75) is 6.92 Å². The minimum Gasteiger partial charge on any atom is -0.377 e. The molecule has 0 unspecified atom stereocenters. The van der Waals surface area contributed by atoms with Crippen molar-refractivity contribution in [3.63, 3.8) is 0 Å². The van der Waals surface area contributed by atoms with Gasteiger partial charge in [-0.25, -0.2) is 0 Å². The van der Waals surface area contributed by atoms with Crippen LogP contribution >= 0.6 is 0 Å². The van der Waals surface area contributed by atoms with Gasteiger partial charge in [-0.3, -0.25) is 9.78 Å². The van der Waals surface area contributed by atoms with E-state index in [1.807, 2.05) is 13.0 Å². The first-order chi connectivity index (χ1) is 5.74. The van der Waals surface area contributed by atoms with Gasteiger partial charge in [0.25, 0.3) is 0 Å². The number of hydrogen-bond acceptors (Lipinski definition) is 3. The Hall–Kier alpha value is -1.22. The Morgan fingerprint density at radius 1 is 1.58 bits per heavy atom. The SMILES string of the molecule is COCC(=O)c1ccc(C)nc1. The van der Waals surface area contributed by atoms with Crippen molar-refractivity contribution in [3.05, 3.63) is 29.6 Å². The van der Waals surface area contributed by atoms with E-state index in [0.29, 0.717) is 5.56 Å². The average Bonchev–Trinajstić information content (AvgIpc) is 2.06. The van der Waals surface area contributed by atoms with E-state index in [1.165, 1.54) is 7.11 Å². The van der Waals surface area contributed by atoms with Gasteiger partial charge in [-0.05, 0) is 19.1 Å². The van der Waals surface area contributed by atoms with Crippen molar-refractivity contribution < 1.29 is 9.53 Å². The zero-order chi connectivity index (χ0) is 8.97. The molecule has 3 heteroatoms. The zero-order valence-corrected chi connectivity index (χ0v) is 7.20. The molecule has 12 heavy (non-hydrogen) atoms. The first kappa shape index (κ1) is 8.87. The van der Waals surface area contributed by atoms with Crippen LogP contribution in [0.1, 0.15) is 16.1 Å². The molecule has 0 saturated heterocycles.